The van der Waals surface area contributed by atoms with Crippen molar-refractivity contribution in [2.45, 2.75) is 19.8 Å². The molecule has 96 valence electrons. The van der Waals surface area contributed by atoms with Gasteiger partial charge < -0.3 is 14.4 Å². The minimum atomic E-state index is -0.879. The van der Waals surface area contributed by atoms with E-state index in [1.807, 2.05) is 32.2 Å². The molecule has 0 spiro atoms. The summed E-state index contributed by atoms with van der Waals surface area (Å²) in [6.07, 6.45) is 0.876. The van der Waals surface area contributed by atoms with Gasteiger partial charge in [0.1, 0.15) is 18.0 Å². The number of aromatic nitrogens is 2. The molecule has 0 bridgehead atoms. The third-order valence-corrected chi connectivity index (χ3v) is 2.73. The normalized spacial score (nSPS) is 10.8. The van der Waals surface area contributed by atoms with Crippen molar-refractivity contribution in [2.24, 2.45) is 7.05 Å². The average molecular weight is 248 g/mol. The minimum Gasteiger partial charge on any atom is -0.494 e. The van der Waals surface area contributed by atoms with Gasteiger partial charge in [0.15, 0.2) is 0 Å². The van der Waals surface area contributed by atoms with Crippen LogP contribution in [0, 0.1) is 0 Å². The highest BCUT2D eigenvalue weighted by atomic mass is 16.5. The van der Waals surface area contributed by atoms with Crippen LogP contribution in [0.3, 0.4) is 0 Å². The molecule has 18 heavy (non-hydrogen) atoms. The molecule has 0 aliphatic carbocycles. The van der Waals surface area contributed by atoms with Crippen LogP contribution < -0.4 is 4.74 Å². The predicted octanol–water partition coefficient (Wildman–Crippen LogP) is 1.99. The van der Waals surface area contributed by atoms with Crippen LogP contribution in [0.4, 0.5) is 0 Å². The summed E-state index contributed by atoms with van der Waals surface area (Å²) in [5, 5.41) is 8.81. The van der Waals surface area contributed by atoms with Gasteiger partial charge in [0.05, 0.1) is 17.6 Å². The lowest BCUT2D eigenvalue weighted by molar-refractivity contribution is -0.136. The van der Waals surface area contributed by atoms with Gasteiger partial charge in [0, 0.05) is 13.1 Å². The highest BCUT2D eigenvalue weighted by molar-refractivity contribution is 5.79. The molecule has 0 unspecified atom stereocenters. The van der Waals surface area contributed by atoms with E-state index in [1.54, 1.807) is 4.57 Å². The lowest BCUT2D eigenvalue weighted by Gasteiger charge is -2.04. The largest absolute Gasteiger partial charge is 0.494 e. The van der Waals surface area contributed by atoms with Gasteiger partial charge >= 0.3 is 5.97 Å². The van der Waals surface area contributed by atoms with Crippen LogP contribution in [-0.2, 0) is 18.3 Å². The van der Waals surface area contributed by atoms with Crippen LogP contribution >= 0.6 is 0 Å². The summed E-state index contributed by atoms with van der Waals surface area (Å²) in [5.74, 6) is 0.435. The monoisotopic (exact) mass is 248 g/mol. The SMILES string of the molecule is CCCOc1ccc2c(c1)nc(CC(=O)O)n2C. The smallest absolute Gasteiger partial charge is 0.311 e. The van der Waals surface area contributed by atoms with Crippen LogP contribution in [0.1, 0.15) is 19.2 Å². The molecule has 0 saturated carbocycles. The number of benzene rings is 1. The Kier molecular flexibility index (Phi) is 3.50. The Hall–Kier alpha value is -2.04. The van der Waals surface area contributed by atoms with Gasteiger partial charge in [0.2, 0.25) is 0 Å². The van der Waals surface area contributed by atoms with Crippen molar-refractivity contribution >= 4 is 17.0 Å². The van der Waals surface area contributed by atoms with Crippen LogP contribution in [0.2, 0.25) is 0 Å². The Morgan fingerprint density at radius 2 is 2.28 bits per heavy atom. The summed E-state index contributed by atoms with van der Waals surface area (Å²) in [4.78, 5) is 15.1. The van der Waals surface area contributed by atoms with E-state index in [1.165, 1.54) is 0 Å². The number of hydrogen-bond acceptors (Lipinski definition) is 3. The second kappa shape index (κ2) is 5.08. The van der Waals surface area contributed by atoms with Crippen LogP contribution in [0.15, 0.2) is 18.2 Å². The predicted molar refractivity (Wildman–Crippen MR) is 67.8 cm³/mol. The van der Waals surface area contributed by atoms with E-state index in [0.29, 0.717) is 12.4 Å². The van der Waals surface area contributed by atoms with Crippen molar-refractivity contribution < 1.29 is 14.6 Å². The summed E-state index contributed by atoms with van der Waals surface area (Å²) >= 11 is 0. The lowest BCUT2D eigenvalue weighted by atomic mass is 10.3. The molecule has 0 amide bonds. The Bertz CT molecular complexity index is 575. The molecule has 2 aromatic rings. The number of rotatable bonds is 5. The van der Waals surface area contributed by atoms with Gasteiger partial charge in [-0.1, -0.05) is 6.92 Å². The van der Waals surface area contributed by atoms with Gasteiger partial charge in [-0.25, -0.2) is 4.98 Å². The zero-order chi connectivity index (χ0) is 13.1. The lowest BCUT2D eigenvalue weighted by Crippen LogP contribution is -2.06. The molecule has 5 nitrogen and oxygen atoms in total. The zero-order valence-corrected chi connectivity index (χ0v) is 10.5. The van der Waals surface area contributed by atoms with E-state index >= 15 is 0 Å². The Labute approximate surface area is 105 Å². The van der Waals surface area contributed by atoms with E-state index in [0.717, 1.165) is 23.2 Å². The quantitative estimate of drug-likeness (QED) is 0.878. The number of aryl methyl sites for hydroxylation is 1. The molecule has 2 rings (SSSR count). The molecule has 0 fully saturated rings. The maximum atomic E-state index is 10.7. The summed E-state index contributed by atoms with van der Waals surface area (Å²) in [6.45, 7) is 2.71. The first kappa shape index (κ1) is 12.4. The molecule has 0 saturated heterocycles. The van der Waals surface area contributed by atoms with Gasteiger partial charge in [-0.2, -0.15) is 0 Å². The number of carboxylic acids is 1. The molecule has 1 aromatic heterocycles. The third kappa shape index (κ3) is 2.45. The highest BCUT2D eigenvalue weighted by Gasteiger charge is 2.11. The number of hydrogen-bond donors (Lipinski definition) is 1. The number of ether oxygens (including phenoxy) is 1. The first-order valence-electron chi connectivity index (χ1n) is 5.91. The second-order valence-electron chi connectivity index (χ2n) is 4.16. The van der Waals surface area contributed by atoms with Gasteiger partial charge in [-0.15, -0.1) is 0 Å². The number of imidazole rings is 1. The van der Waals surface area contributed by atoms with Crippen molar-refractivity contribution in [1.82, 2.24) is 9.55 Å². The molecule has 0 atom stereocenters. The molecule has 5 heteroatoms. The van der Waals surface area contributed by atoms with Crippen molar-refractivity contribution in [3.05, 3.63) is 24.0 Å². The summed E-state index contributed by atoms with van der Waals surface area (Å²) in [7, 11) is 1.82. The van der Waals surface area contributed by atoms with Crippen LogP contribution in [-0.4, -0.2) is 27.2 Å². The maximum Gasteiger partial charge on any atom is 0.311 e. The summed E-state index contributed by atoms with van der Waals surface area (Å²) < 4.78 is 7.33. The molecular weight excluding hydrogens is 232 g/mol. The van der Waals surface area contributed by atoms with E-state index in [-0.39, 0.29) is 6.42 Å². The number of carbonyl (C=O) groups is 1. The topological polar surface area (TPSA) is 64.3 Å². The number of fused-ring (bicyclic) bond motifs is 1. The molecule has 0 radical (unpaired) electrons. The minimum absolute atomic E-state index is 0.0731. The van der Waals surface area contributed by atoms with Crippen molar-refractivity contribution in [2.75, 3.05) is 6.61 Å². The van der Waals surface area contributed by atoms with Gasteiger partial charge in [-0.3, -0.25) is 4.79 Å². The molecule has 0 aliphatic heterocycles. The number of nitrogens with zero attached hydrogens (tertiary/aromatic N) is 2. The third-order valence-electron chi connectivity index (χ3n) is 2.73. The Morgan fingerprint density at radius 3 is 2.94 bits per heavy atom. The van der Waals surface area contributed by atoms with E-state index in [4.69, 9.17) is 9.84 Å². The first-order chi connectivity index (χ1) is 8.61. The van der Waals surface area contributed by atoms with Gasteiger partial charge in [0.25, 0.3) is 0 Å². The van der Waals surface area contributed by atoms with Crippen molar-refractivity contribution in [3.8, 4) is 5.75 Å². The standard InChI is InChI=1S/C13H16N2O3/c1-3-6-18-9-4-5-11-10(7-9)14-12(15(11)2)8-13(16)17/h4-5,7H,3,6,8H2,1-2H3,(H,16,17). The maximum absolute atomic E-state index is 10.7. The zero-order valence-electron chi connectivity index (χ0n) is 10.5. The molecule has 1 heterocycles. The first-order valence-corrected chi connectivity index (χ1v) is 5.91. The van der Waals surface area contributed by atoms with E-state index in [2.05, 4.69) is 4.98 Å². The number of aliphatic carboxylic acids is 1. The fourth-order valence-electron chi connectivity index (χ4n) is 1.83. The molecular formula is C13H16N2O3. The average Bonchev–Trinajstić information content (AvgIpc) is 2.63. The highest BCUT2D eigenvalue weighted by Crippen LogP contribution is 2.21. The van der Waals surface area contributed by atoms with Gasteiger partial charge in [-0.05, 0) is 18.6 Å². The Balaban J connectivity index is 2.35. The van der Waals surface area contributed by atoms with Crippen molar-refractivity contribution in [1.29, 1.82) is 0 Å². The van der Waals surface area contributed by atoms with Crippen LogP contribution in [0.5, 0.6) is 5.75 Å². The number of carboxylic acid groups (broad SMARTS) is 1. The van der Waals surface area contributed by atoms with Crippen molar-refractivity contribution in [3.63, 3.8) is 0 Å². The fourth-order valence-corrected chi connectivity index (χ4v) is 1.83. The van der Waals surface area contributed by atoms with E-state index in [9.17, 15) is 4.79 Å². The second-order valence-corrected chi connectivity index (χ2v) is 4.16. The molecule has 1 N–H and O–H groups in total. The van der Waals surface area contributed by atoms with Crippen LogP contribution in [0.25, 0.3) is 11.0 Å². The Morgan fingerprint density at radius 1 is 1.50 bits per heavy atom. The molecule has 1 aromatic carbocycles. The van der Waals surface area contributed by atoms with E-state index < -0.39 is 5.97 Å². The summed E-state index contributed by atoms with van der Waals surface area (Å²) in [5.41, 5.74) is 1.68. The fraction of sp³-hybridized carbons (Fsp3) is 0.385. The summed E-state index contributed by atoms with van der Waals surface area (Å²) in [6, 6.07) is 5.62. The molecule has 0 aliphatic rings.